The van der Waals surface area contributed by atoms with Gasteiger partial charge in [0.25, 0.3) is 5.88 Å². The van der Waals surface area contributed by atoms with Crippen molar-refractivity contribution in [3.63, 3.8) is 0 Å². The minimum atomic E-state index is -1.32. The maximum absolute atomic E-state index is 13.8. The third kappa shape index (κ3) is 5.46. The fraction of sp³-hybridized carbons (Fsp3) is 0.500. The van der Waals surface area contributed by atoms with Crippen LogP contribution >= 0.6 is 11.7 Å². The number of rotatable bonds is 7. The number of hydrogen-bond donors (Lipinski definition) is 0. The lowest BCUT2D eigenvalue weighted by Crippen LogP contribution is -3.00. The predicted molar refractivity (Wildman–Crippen MR) is 76.2 cm³/mol. The molecule has 2 aromatic heterocycles. The highest BCUT2D eigenvalue weighted by atomic mass is 127. The Kier molecular flexibility index (Phi) is 8.02. The molecule has 0 saturated heterocycles. The minimum absolute atomic E-state index is 0. The Hall–Kier alpha value is -0.830. The van der Waals surface area contributed by atoms with Gasteiger partial charge in [0.05, 0.1) is 17.3 Å². The zero-order valence-corrected chi connectivity index (χ0v) is 15.1. The van der Waals surface area contributed by atoms with Gasteiger partial charge in [0.15, 0.2) is 18.1 Å². The van der Waals surface area contributed by atoms with Gasteiger partial charge < -0.3 is 28.7 Å². The van der Waals surface area contributed by atoms with E-state index in [9.17, 15) is 4.39 Å². The number of hydrogen-bond acceptors (Lipinski definition) is 4. The number of aryl methyl sites for hydroxylation is 1. The Balaban J connectivity index is 0.00000220. The summed E-state index contributed by atoms with van der Waals surface area (Å²) in [5, 5.41) is 0. The summed E-state index contributed by atoms with van der Waals surface area (Å²) >= 11 is 1.04. The number of aromatic nitrogens is 3. The lowest BCUT2D eigenvalue weighted by Gasteiger charge is -2.09. The van der Waals surface area contributed by atoms with Crippen molar-refractivity contribution in [2.45, 2.75) is 39.0 Å². The van der Waals surface area contributed by atoms with Crippen molar-refractivity contribution in [3.05, 3.63) is 24.5 Å². The Labute approximate surface area is 145 Å². The molecular weight excluding hydrogens is 404 g/mol. The molecule has 0 spiro atoms. The summed E-state index contributed by atoms with van der Waals surface area (Å²) < 4.78 is 29.2. The summed E-state index contributed by atoms with van der Waals surface area (Å²) in [6, 6.07) is 3.82. The Morgan fingerprint density at radius 1 is 1.38 bits per heavy atom. The van der Waals surface area contributed by atoms with Gasteiger partial charge in [-0.1, -0.05) is 19.8 Å². The predicted octanol–water partition coefficient (Wildman–Crippen LogP) is 0.288. The molecule has 1 atom stereocenters. The molecule has 1 unspecified atom stereocenters. The first kappa shape index (κ1) is 18.2. The van der Waals surface area contributed by atoms with Gasteiger partial charge in [-0.25, -0.2) is 8.96 Å². The Morgan fingerprint density at radius 2 is 2.19 bits per heavy atom. The fourth-order valence-corrected chi connectivity index (χ4v) is 2.41. The second-order valence-electron chi connectivity index (χ2n) is 4.70. The molecule has 4 nitrogen and oxygen atoms in total. The molecule has 0 radical (unpaired) electrons. The summed E-state index contributed by atoms with van der Waals surface area (Å²) in [7, 11) is 1.92. The molecule has 2 rings (SSSR count). The molecule has 7 heteroatoms. The van der Waals surface area contributed by atoms with Crippen LogP contribution in [0.3, 0.4) is 0 Å². The van der Waals surface area contributed by atoms with Crippen LogP contribution in [0, 0.1) is 0 Å². The Morgan fingerprint density at radius 3 is 2.90 bits per heavy atom. The zero-order valence-electron chi connectivity index (χ0n) is 12.1. The molecule has 0 bridgehead atoms. The lowest BCUT2D eigenvalue weighted by atomic mass is 10.2. The molecule has 2 heterocycles. The van der Waals surface area contributed by atoms with Crippen LogP contribution in [0.2, 0.25) is 0 Å². The van der Waals surface area contributed by atoms with E-state index in [1.54, 1.807) is 0 Å². The van der Waals surface area contributed by atoms with Crippen LogP contribution in [0.5, 0.6) is 5.88 Å². The first-order valence-corrected chi connectivity index (χ1v) is 7.52. The molecule has 0 amide bonds. The smallest absolute Gasteiger partial charge is 0.256 e. The molecular formula is C14H19FIN3OS. The monoisotopic (exact) mass is 423 g/mol. The number of alkyl halides is 1. The van der Waals surface area contributed by atoms with Gasteiger partial charge in [0, 0.05) is 12.5 Å². The van der Waals surface area contributed by atoms with E-state index in [4.69, 9.17) is 4.74 Å². The van der Waals surface area contributed by atoms with E-state index < -0.39 is 6.36 Å². The molecule has 0 aromatic carbocycles. The largest absolute Gasteiger partial charge is 1.00 e. The van der Waals surface area contributed by atoms with Crippen molar-refractivity contribution in [3.8, 4) is 17.1 Å². The van der Waals surface area contributed by atoms with Gasteiger partial charge in [-0.15, -0.1) is 4.37 Å². The summed E-state index contributed by atoms with van der Waals surface area (Å²) in [6.07, 6.45) is 5.82. The van der Waals surface area contributed by atoms with Gasteiger partial charge >= 0.3 is 0 Å². The Bertz CT molecular complexity index is 553. The standard InChI is InChI=1S/C14H19FN3OS.HI/c1-3-4-5-8-12(15)19-14-13(16-20-17-14)11-7-6-9-18(2)10-11;/h6-7,9-10,12H,3-5,8H2,1-2H3;1H/q+1;/p-1. The van der Waals surface area contributed by atoms with E-state index in [-0.39, 0.29) is 29.9 Å². The molecule has 116 valence electrons. The molecule has 0 aliphatic carbocycles. The van der Waals surface area contributed by atoms with Crippen LogP contribution in [0.15, 0.2) is 24.5 Å². The van der Waals surface area contributed by atoms with E-state index in [0.717, 1.165) is 36.6 Å². The van der Waals surface area contributed by atoms with Gasteiger partial charge in [0.2, 0.25) is 6.36 Å². The maximum atomic E-state index is 13.8. The molecule has 0 fully saturated rings. The van der Waals surface area contributed by atoms with Crippen molar-refractivity contribution in [2.24, 2.45) is 7.05 Å². The SMILES string of the molecule is CCCCCC(F)Oc1nsnc1-c1ccc[n+](C)c1.[I-]. The van der Waals surface area contributed by atoms with E-state index >= 15 is 0 Å². The van der Waals surface area contributed by atoms with Crippen molar-refractivity contribution in [2.75, 3.05) is 0 Å². The third-order valence-electron chi connectivity index (χ3n) is 2.95. The van der Waals surface area contributed by atoms with Crippen LogP contribution in [-0.2, 0) is 7.05 Å². The van der Waals surface area contributed by atoms with E-state index in [0.29, 0.717) is 12.1 Å². The summed E-state index contributed by atoms with van der Waals surface area (Å²) in [6.45, 7) is 2.09. The minimum Gasteiger partial charge on any atom is -1.00 e. The van der Waals surface area contributed by atoms with Crippen LogP contribution in [-0.4, -0.2) is 15.1 Å². The topological polar surface area (TPSA) is 38.9 Å². The van der Waals surface area contributed by atoms with E-state index in [2.05, 4.69) is 15.7 Å². The second kappa shape index (κ2) is 9.24. The van der Waals surface area contributed by atoms with Crippen molar-refractivity contribution in [1.29, 1.82) is 0 Å². The summed E-state index contributed by atoms with van der Waals surface area (Å²) in [5.74, 6) is 0.283. The van der Waals surface area contributed by atoms with Crippen LogP contribution in [0.1, 0.15) is 32.6 Å². The van der Waals surface area contributed by atoms with Gasteiger partial charge in [-0.05, 0) is 12.5 Å². The maximum Gasteiger partial charge on any atom is 0.256 e. The van der Waals surface area contributed by atoms with E-state index in [1.165, 1.54) is 0 Å². The first-order chi connectivity index (χ1) is 9.70. The molecule has 0 aliphatic rings. The normalized spacial score (nSPS) is 11.8. The fourth-order valence-electron chi connectivity index (χ4n) is 1.90. The van der Waals surface area contributed by atoms with Gasteiger partial charge in [0.1, 0.15) is 7.05 Å². The number of unbranched alkanes of at least 4 members (excludes halogenated alkanes) is 2. The van der Waals surface area contributed by atoms with Crippen molar-refractivity contribution in [1.82, 2.24) is 8.75 Å². The number of pyridine rings is 1. The summed E-state index contributed by atoms with van der Waals surface area (Å²) in [4.78, 5) is 0. The number of ether oxygens (including phenoxy) is 1. The second-order valence-corrected chi connectivity index (χ2v) is 5.23. The quantitative estimate of drug-likeness (QED) is 0.365. The highest BCUT2D eigenvalue weighted by Crippen LogP contribution is 2.28. The van der Waals surface area contributed by atoms with Gasteiger partial charge in [-0.3, -0.25) is 0 Å². The van der Waals surface area contributed by atoms with Crippen molar-refractivity contribution >= 4 is 11.7 Å². The van der Waals surface area contributed by atoms with Gasteiger partial charge in [-0.2, -0.15) is 4.37 Å². The third-order valence-corrected chi connectivity index (χ3v) is 3.46. The van der Waals surface area contributed by atoms with Crippen LogP contribution < -0.4 is 33.3 Å². The highest BCUT2D eigenvalue weighted by Gasteiger charge is 2.18. The first-order valence-electron chi connectivity index (χ1n) is 6.79. The average Bonchev–Trinajstić information content (AvgIpc) is 2.87. The summed E-state index contributed by atoms with van der Waals surface area (Å²) in [5.41, 5.74) is 1.48. The van der Waals surface area contributed by atoms with Crippen LogP contribution in [0.25, 0.3) is 11.3 Å². The average molecular weight is 423 g/mol. The molecule has 2 aromatic rings. The molecule has 0 N–H and O–H groups in total. The highest BCUT2D eigenvalue weighted by molar-refractivity contribution is 6.99. The molecule has 0 saturated carbocycles. The zero-order chi connectivity index (χ0) is 14.4. The number of nitrogens with zero attached hydrogens (tertiary/aromatic N) is 3. The van der Waals surface area contributed by atoms with E-state index in [1.807, 2.05) is 36.1 Å². The van der Waals surface area contributed by atoms with Crippen LogP contribution in [0.4, 0.5) is 4.39 Å². The molecule has 0 aliphatic heterocycles. The lowest BCUT2D eigenvalue weighted by molar-refractivity contribution is -0.671. The number of halogens is 2. The molecule has 21 heavy (non-hydrogen) atoms. The van der Waals surface area contributed by atoms with Crippen molar-refractivity contribution < 1.29 is 37.7 Å².